The van der Waals surface area contributed by atoms with Crippen LogP contribution in [0.2, 0.25) is 5.02 Å². The first-order chi connectivity index (χ1) is 10.2. The summed E-state index contributed by atoms with van der Waals surface area (Å²) in [6.07, 6.45) is 0. The van der Waals surface area contributed by atoms with E-state index >= 15 is 0 Å². The van der Waals surface area contributed by atoms with Crippen LogP contribution < -0.4 is 11.1 Å². The summed E-state index contributed by atoms with van der Waals surface area (Å²) in [4.78, 5) is 12.2. The Morgan fingerprint density at radius 2 is 2.13 bits per heavy atom. The first-order valence-corrected chi connectivity index (χ1v) is 7.03. The second kappa shape index (κ2) is 7.25. The van der Waals surface area contributed by atoms with Crippen LogP contribution in [0.5, 0.6) is 0 Å². The summed E-state index contributed by atoms with van der Waals surface area (Å²) in [7, 11) is 0. The summed E-state index contributed by atoms with van der Waals surface area (Å²) in [5, 5.41) is 10.6. The van der Waals surface area contributed by atoms with Gasteiger partial charge in [0.25, 0.3) is 5.91 Å². The van der Waals surface area contributed by atoms with Crippen molar-refractivity contribution < 1.29 is 9.18 Å². The van der Waals surface area contributed by atoms with Gasteiger partial charge < -0.3 is 11.1 Å². The highest BCUT2D eigenvalue weighted by Crippen LogP contribution is 2.20. The average molecular weight is 362 g/mol. The zero-order valence-corrected chi connectivity index (χ0v) is 14.5. The van der Waals surface area contributed by atoms with E-state index in [1.807, 2.05) is 13.8 Å². The minimum Gasteiger partial charge on any atom is -0.344 e. The molecule has 0 radical (unpaired) electrons. The van der Waals surface area contributed by atoms with Crippen LogP contribution >= 0.6 is 24.0 Å². The van der Waals surface area contributed by atoms with Crippen LogP contribution in [0.1, 0.15) is 30.0 Å². The van der Waals surface area contributed by atoms with Crippen LogP contribution in [0.4, 0.5) is 4.39 Å². The highest BCUT2D eigenvalue weighted by Gasteiger charge is 2.24. The van der Waals surface area contributed by atoms with Crippen molar-refractivity contribution in [3.63, 3.8) is 0 Å². The minimum absolute atomic E-state index is 0. The maximum absolute atomic E-state index is 13.2. The standard InChI is InChI=1S/C14H17ClFN5O.ClH/c1-8-12(13(22)18-14(2,3)7-17)19-20-21(8)9-4-5-11(16)10(15)6-9;/h4-6H,7,17H2,1-3H3,(H,18,22);1H. The van der Waals surface area contributed by atoms with E-state index in [9.17, 15) is 9.18 Å². The third-order valence-electron chi connectivity index (χ3n) is 3.22. The number of amides is 1. The number of carbonyl (C=O) groups excluding carboxylic acids is 1. The molecule has 0 spiro atoms. The molecule has 0 unspecified atom stereocenters. The van der Waals surface area contributed by atoms with E-state index in [4.69, 9.17) is 17.3 Å². The van der Waals surface area contributed by atoms with Gasteiger partial charge in [-0.3, -0.25) is 4.79 Å². The van der Waals surface area contributed by atoms with Crippen molar-refractivity contribution in [2.75, 3.05) is 6.54 Å². The highest BCUT2D eigenvalue weighted by molar-refractivity contribution is 6.30. The second-order valence-corrected chi connectivity index (χ2v) is 5.98. The number of nitrogens with one attached hydrogen (secondary N) is 1. The van der Waals surface area contributed by atoms with E-state index < -0.39 is 11.4 Å². The van der Waals surface area contributed by atoms with Crippen molar-refractivity contribution in [2.45, 2.75) is 26.3 Å². The topological polar surface area (TPSA) is 85.8 Å². The van der Waals surface area contributed by atoms with Gasteiger partial charge in [-0.1, -0.05) is 16.8 Å². The van der Waals surface area contributed by atoms with Gasteiger partial charge in [0, 0.05) is 12.1 Å². The van der Waals surface area contributed by atoms with Gasteiger partial charge in [0.2, 0.25) is 0 Å². The number of hydrogen-bond donors (Lipinski definition) is 2. The van der Waals surface area contributed by atoms with Gasteiger partial charge in [-0.2, -0.15) is 0 Å². The van der Waals surface area contributed by atoms with Gasteiger partial charge in [0.1, 0.15) is 5.82 Å². The molecule has 0 saturated heterocycles. The molecule has 3 N–H and O–H groups in total. The summed E-state index contributed by atoms with van der Waals surface area (Å²) in [5.74, 6) is -0.891. The molecule has 0 aliphatic rings. The van der Waals surface area contributed by atoms with Crippen LogP contribution in [-0.4, -0.2) is 33.0 Å². The lowest BCUT2D eigenvalue weighted by Crippen LogP contribution is -2.49. The fourth-order valence-electron chi connectivity index (χ4n) is 1.82. The number of rotatable bonds is 4. The lowest BCUT2D eigenvalue weighted by Gasteiger charge is -2.23. The fraction of sp³-hybridized carbons (Fsp3) is 0.357. The van der Waals surface area contributed by atoms with E-state index in [0.717, 1.165) is 0 Å². The third kappa shape index (κ3) is 4.19. The highest BCUT2D eigenvalue weighted by atomic mass is 35.5. The van der Waals surface area contributed by atoms with Gasteiger partial charge >= 0.3 is 0 Å². The minimum atomic E-state index is -0.549. The van der Waals surface area contributed by atoms with Gasteiger partial charge in [-0.05, 0) is 39.0 Å². The molecule has 23 heavy (non-hydrogen) atoms. The first-order valence-electron chi connectivity index (χ1n) is 6.65. The van der Waals surface area contributed by atoms with Crippen molar-refractivity contribution in [3.05, 3.63) is 40.4 Å². The van der Waals surface area contributed by atoms with Crippen LogP contribution in [0.25, 0.3) is 5.69 Å². The third-order valence-corrected chi connectivity index (χ3v) is 3.51. The summed E-state index contributed by atoms with van der Waals surface area (Å²) in [5.41, 5.74) is 6.27. The molecule has 126 valence electrons. The van der Waals surface area contributed by atoms with Gasteiger partial charge in [0.05, 0.1) is 16.4 Å². The maximum atomic E-state index is 13.2. The molecule has 0 atom stereocenters. The Bertz CT molecular complexity index is 717. The van der Waals surface area contributed by atoms with Gasteiger partial charge in [0.15, 0.2) is 5.69 Å². The molecule has 0 bridgehead atoms. The normalized spacial score (nSPS) is 11.0. The van der Waals surface area contributed by atoms with Gasteiger partial charge in [-0.15, -0.1) is 17.5 Å². The smallest absolute Gasteiger partial charge is 0.274 e. The molecule has 1 amide bonds. The maximum Gasteiger partial charge on any atom is 0.274 e. The van der Waals surface area contributed by atoms with Crippen molar-refractivity contribution >= 4 is 29.9 Å². The molecule has 0 saturated carbocycles. The Morgan fingerprint density at radius 1 is 1.48 bits per heavy atom. The molecule has 1 aromatic heterocycles. The first kappa shape index (κ1) is 19.3. The lowest BCUT2D eigenvalue weighted by atomic mass is 10.1. The van der Waals surface area contributed by atoms with E-state index in [0.29, 0.717) is 17.9 Å². The monoisotopic (exact) mass is 361 g/mol. The number of hydrogen-bond acceptors (Lipinski definition) is 4. The zero-order valence-electron chi connectivity index (χ0n) is 12.9. The van der Waals surface area contributed by atoms with Crippen molar-refractivity contribution in [2.24, 2.45) is 5.73 Å². The molecule has 0 fully saturated rings. The number of carbonyl (C=O) groups is 1. The van der Waals surface area contributed by atoms with Crippen molar-refractivity contribution in [1.29, 1.82) is 0 Å². The Kier molecular flexibility index (Phi) is 6.10. The molecular weight excluding hydrogens is 344 g/mol. The fourth-order valence-corrected chi connectivity index (χ4v) is 1.99. The molecule has 2 aromatic rings. The number of nitrogens with zero attached hydrogens (tertiary/aromatic N) is 3. The van der Waals surface area contributed by atoms with E-state index in [-0.39, 0.29) is 29.0 Å². The number of aromatic nitrogens is 3. The van der Waals surface area contributed by atoms with E-state index in [1.165, 1.54) is 22.9 Å². The number of nitrogens with two attached hydrogens (primary N) is 1. The zero-order chi connectivity index (χ0) is 16.5. The molecule has 1 heterocycles. The van der Waals surface area contributed by atoms with Gasteiger partial charge in [-0.25, -0.2) is 9.07 Å². The summed E-state index contributed by atoms with van der Waals surface area (Å²) in [6.45, 7) is 5.61. The summed E-state index contributed by atoms with van der Waals surface area (Å²) >= 11 is 5.76. The predicted octanol–water partition coefficient (Wildman–Crippen LogP) is 2.26. The van der Waals surface area contributed by atoms with Crippen LogP contribution in [0.15, 0.2) is 18.2 Å². The Balaban J connectivity index is 0.00000264. The number of halogens is 3. The average Bonchev–Trinajstić information content (AvgIpc) is 2.83. The summed E-state index contributed by atoms with van der Waals surface area (Å²) in [6, 6.07) is 4.16. The Labute approximate surface area is 144 Å². The molecule has 9 heteroatoms. The Morgan fingerprint density at radius 3 is 2.70 bits per heavy atom. The van der Waals surface area contributed by atoms with Crippen molar-refractivity contribution in [1.82, 2.24) is 20.3 Å². The molecule has 1 aromatic carbocycles. The molecule has 2 rings (SSSR count). The molecule has 0 aliphatic carbocycles. The van der Waals surface area contributed by atoms with Crippen LogP contribution in [-0.2, 0) is 0 Å². The largest absolute Gasteiger partial charge is 0.344 e. The quantitative estimate of drug-likeness (QED) is 0.874. The lowest BCUT2D eigenvalue weighted by molar-refractivity contribution is 0.0910. The molecule has 6 nitrogen and oxygen atoms in total. The van der Waals surface area contributed by atoms with Crippen LogP contribution in [0.3, 0.4) is 0 Å². The Hall–Kier alpha value is -1.70. The second-order valence-electron chi connectivity index (χ2n) is 5.58. The van der Waals surface area contributed by atoms with E-state index in [1.54, 1.807) is 6.92 Å². The number of benzene rings is 1. The summed E-state index contributed by atoms with van der Waals surface area (Å²) < 4.78 is 14.6. The molecule has 0 aliphatic heterocycles. The van der Waals surface area contributed by atoms with Crippen LogP contribution in [0, 0.1) is 12.7 Å². The van der Waals surface area contributed by atoms with E-state index in [2.05, 4.69) is 15.6 Å². The molecular formula is C14H18Cl2FN5O. The van der Waals surface area contributed by atoms with Crippen molar-refractivity contribution in [3.8, 4) is 5.69 Å². The predicted molar refractivity (Wildman–Crippen MR) is 88.9 cm³/mol. The SMILES string of the molecule is Cc1c(C(=O)NC(C)(C)CN)nnn1-c1ccc(F)c(Cl)c1.Cl.